The van der Waals surface area contributed by atoms with E-state index in [0.29, 0.717) is 0 Å². The molecular formula is C15H17F5O. The van der Waals surface area contributed by atoms with Crippen LogP contribution in [-0.4, -0.2) is 11.3 Å². The topological polar surface area (TPSA) is 20.2 Å². The molecule has 0 aromatic heterocycles. The van der Waals surface area contributed by atoms with E-state index in [-0.39, 0.29) is 31.2 Å². The van der Waals surface area contributed by atoms with Gasteiger partial charge in [0.25, 0.3) is 0 Å². The Kier molecular flexibility index (Phi) is 4.56. The van der Waals surface area contributed by atoms with Gasteiger partial charge in [-0.15, -0.1) is 0 Å². The Balaban J connectivity index is 2.13. The van der Waals surface area contributed by atoms with Gasteiger partial charge in [0, 0.05) is 0 Å². The van der Waals surface area contributed by atoms with Crippen molar-refractivity contribution in [3.05, 3.63) is 34.9 Å². The van der Waals surface area contributed by atoms with E-state index in [1.54, 1.807) is 0 Å². The molecule has 21 heavy (non-hydrogen) atoms. The second kappa shape index (κ2) is 5.91. The Morgan fingerprint density at radius 2 is 1.67 bits per heavy atom. The average Bonchev–Trinajstić information content (AvgIpc) is 2.42. The van der Waals surface area contributed by atoms with Gasteiger partial charge in [-0.25, -0.2) is 8.78 Å². The third-order valence-corrected chi connectivity index (χ3v) is 4.30. The van der Waals surface area contributed by atoms with Crippen molar-refractivity contribution in [2.24, 2.45) is 11.8 Å². The number of halogens is 5. The summed E-state index contributed by atoms with van der Waals surface area (Å²) in [6.45, 7) is 1.45. The summed E-state index contributed by atoms with van der Waals surface area (Å²) in [6.07, 6.45) is -5.65. The molecule has 1 aromatic carbocycles. The van der Waals surface area contributed by atoms with E-state index < -0.39 is 41.3 Å². The van der Waals surface area contributed by atoms with Crippen molar-refractivity contribution >= 4 is 0 Å². The Bertz CT molecular complexity index is 504. The van der Waals surface area contributed by atoms with Crippen molar-refractivity contribution in [1.82, 2.24) is 0 Å². The lowest BCUT2D eigenvalue weighted by Gasteiger charge is -2.32. The molecule has 1 unspecified atom stereocenters. The second-order valence-electron chi connectivity index (χ2n) is 5.69. The summed E-state index contributed by atoms with van der Waals surface area (Å²) in [5, 5.41) is 10.2. The first-order valence-electron chi connectivity index (χ1n) is 6.91. The first-order valence-corrected chi connectivity index (χ1v) is 6.91. The van der Waals surface area contributed by atoms with Crippen LogP contribution >= 0.6 is 0 Å². The van der Waals surface area contributed by atoms with Crippen LogP contribution < -0.4 is 0 Å². The van der Waals surface area contributed by atoms with Crippen LogP contribution in [0.4, 0.5) is 22.0 Å². The molecule has 1 aliphatic rings. The van der Waals surface area contributed by atoms with Gasteiger partial charge < -0.3 is 5.11 Å². The number of aliphatic hydroxyl groups is 1. The van der Waals surface area contributed by atoms with E-state index >= 15 is 0 Å². The number of hydrogen-bond donors (Lipinski definition) is 1. The minimum Gasteiger partial charge on any atom is -0.388 e. The highest BCUT2D eigenvalue weighted by molar-refractivity contribution is 5.28. The van der Waals surface area contributed by atoms with Gasteiger partial charge in [-0.05, 0) is 50.2 Å². The molecule has 1 saturated carbocycles. The Labute approximate surface area is 119 Å². The Hall–Kier alpha value is -1.17. The maximum atomic E-state index is 14.0. The molecule has 0 heterocycles. The average molecular weight is 308 g/mol. The zero-order chi connectivity index (χ0) is 15.8. The largest absolute Gasteiger partial charge is 0.391 e. The molecule has 1 fully saturated rings. The van der Waals surface area contributed by atoms with E-state index in [0.717, 1.165) is 6.07 Å². The fourth-order valence-corrected chi connectivity index (χ4v) is 2.95. The molecule has 0 amide bonds. The first-order chi connectivity index (χ1) is 9.71. The highest BCUT2D eigenvalue weighted by atomic mass is 19.4. The second-order valence-corrected chi connectivity index (χ2v) is 5.69. The third kappa shape index (κ3) is 3.36. The van der Waals surface area contributed by atoms with Crippen molar-refractivity contribution in [2.45, 2.75) is 44.9 Å². The Morgan fingerprint density at radius 1 is 1.10 bits per heavy atom. The zero-order valence-electron chi connectivity index (χ0n) is 11.6. The maximum Gasteiger partial charge on any atom is 0.391 e. The molecule has 6 heteroatoms. The van der Waals surface area contributed by atoms with Gasteiger partial charge in [-0.2, -0.15) is 13.2 Å². The van der Waals surface area contributed by atoms with Crippen molar-refractivity contribution < 1.29 is 27.1 Å². The summed E-state index contributed by atoms with van der Waals surface area (Å²) in [7, 11) is 0. The van der Waals surface area contributed by atoms with E-state index in [4.69, 9.17) is 0 Å². The Morgan fingerprint density at radius 3 is 2.19 bits per heavy atom. The van der Waals surface area contributed by atoms with Crippen LogP contribution in [0.5, 0.6) is 0 Å². The number of hydrogen-bond acceptors (Lipinski definition) is 1. The number of alkyl halides is 3. The summed E-state index contributed by atoms with van der Waals surface area (Å²) in [6, 6.07) is 2.33. The molecule has 0 radical (unpaired) electrons. The molecule has 1 N–H and O–H groups in total. The molecule has 1 aliphatic carbocycles. The molecule has 0 saturated heterocycles. The van der Waals surface area contributed by atoms with Crippen LogP contribution in [0.25, 0.3) is 0 Å². The number of aliphatic hydroxyl groups excluding tert-OH is 1. The lowest BCUT2D eigenvalue weighted by Crippen LogP contribution is -2.30. The zero-order valence-corrected chi connectivity index (χ0v) is 11.6. The van der Waals surface area contributed by atoms with Gasteiger partial charge in [0.15, 0.2) is 0 Å². The number of rotatable bonds is 2. The molecule has 0 spiro atoms. The van der Waals surface area contributed by atoms with Gasteiger partial charge in [0.05, 0.1) is 17.6 Å². The molecule has 2 rings (SSSR count). The lowest BCUT2D eigenvalue weighted by atomic mass is 9.77. The summed E-state index contributed by atoms with van der Waals surface area (Å²) in [5.74, 6) is -3.61. The fraction of sp³-hybridized carbons (Fsp3) is 0.600. The maximum absolute atomic E-state index is 14.0. The first kappa shape index (κ1) is 16.2. The lowest BCUT2D eigenvalue weighted by molar-refractivity contribution is -0.185. The fourth-order valence-electron chi connectivity index (χ4n) is 2.95. The monoisotopic (exact) mass is 308 g/mol. The van der Waals surface area contributed by atoms with Gasteiger partial charge in [0.1, 0.15) is 11.6 Å². The molecule has 0 aliphatic heterocycles. The molecule has 118 valence electrons. The predicted octanol–water partition coefficient (Wildman–Crippen LogP) is 4.68. The van der Waals surface area contributed by atoms with Crippen LogP contribution in [0.2, 0.25) is 0 Å². The van der Waals surface area contributed by atoms with Gasteiger partial charge in [0.2, 0.25) is 0 Å². The molecule has 0 bridgehead atoms. The highest BCUT2D eigenvalue weighted by Gasteiger charge is 2.43. The van der Waals surface area contributed by atoms with Crippen LogP contribution in [0.1, 0.15) is 42.9 Å². The summed E-state index contributed by atoms with van der Waals surface area (Å²) >= 11 is 0. The van der Waals surface area contributed by atoms with Crippen molar-refractivity contribution in [3.8, 4) is 0 Å². The standard InChI is InChI=1S/C15H17F5O/c1-8-2-7-11(16)12(13(8)17)14(21)9-3-5-10(6-4-9)15(18,19)20/h2,7,9-10,14,21H,3-6H2,1H3. The van der Waals surface area contributed by atoms with Crippen molar-refractivity contribution in [3.63, 3.8) is 0 Å². The van der Waals surface area contributed by atoms with Gasteiger partial charge in [-0.3, -0.25) is 0 Å². The van der Waals surface area contributed by atoms with Crippen LogP contribution in [-0.2, 0) is 0 Å². The van der Waals surface area contributed by atoms with E-state index in [1.807, 2.05) is 0 Å². The SMILES string of the molecule is Cc1ccc(F)c(C(O)C2CCC(C(F)(F)F)CC2)c1F. The number of aryl methyl sites for hydroxylation is 1. The third-order valence-electron chi connectivity index (χ3n) is 4.30. The predicted molar refractivity (Wildman–Crippen MR) is 67.6 cm³/mol. The van der Waals surface area contributed by atoms with Crippen molar-refractivity contribution in [2.75, 3.05) is 0 Å². The molecular weight excluding hydrogens is 291 g/mol. The van der Waals surface area contributed by atoms with E-state index in [2.05, 4.69) is 0 Å². The highest BCUT2D eigenvalue weighted by Crippen LogP contribution is 2.43. The number of benzene rings is 1. The van der Waals surface area contributed by atoms with Crippen LogP contribution in [0, 0.1) is 30.4 Å². The smallest absolute Gasteiger partial charge is 0.388 e. The molecule has 1 atom stereocenters. The van der Waals surface area contributed by atoms with Crippen molar-refractivity contribution in [1.29, 1.82) is 0 Å². The summed E-state index contributed by atoms with van der Waals surface area (Å²) < 4.78 is 65.4. The summed E-state index contributed by atoms with van der Waals surface area (Å²) in [5.41, 5.74) is -0.222. The minimum atomic E-state index is -4.24. The van der Waals surface area contributed by atoms with Gasteiger partial charge in [-0.1, -0.05) is 6.07 Å². The normalized spacial score (nSPS) is 24.9. The van der Waals surface area contributed by atoms with Crippen LogP contribution in [0.3, 0.4) is 0 Å². The quantitative estimate of drug-likeness (QED) is 0.787. The van der Waals surface area contributed by atoms with E-state index in [9.17, 15) is 27.1 Å². The molecule has 1 aromatic rings. The van der Waals surface area contributed by atoms with Gasteiger partial charge >= 0.3 is 6.18 Å². The minimum absolute atomic E-state index is 0.109. The summed E-state index contributed by atoms with van der Waals surface area (Å²) in [4.78, 5) is 0. The van der Waals surface area contributed by atoms with E-state index in [1.165, 1.54) is 13.0 Å². The van der Waals surface area contributed by atoms with Crippen LogP contribution in [0.15, 0.2) is 12.1 Å². The molecule has 1 nitrogen and oxygen atoms in total.